The Morgan fingerprint density at radius 2 is 2.03 bits per heavy atom. The SMILES string of the molecule is O=C(/C=C/c1c(Cl)nc2sccn12)N1CCC2(CCN(Cc3ccccc3)C2)C1. The van der Waals surface area contributed by atoms with Crippen LogP contribution in [0.25, 0.3) is 11.0 Å². The van der Waals surface area contributed by atoms with Gasteiger partial charge in [-0.25, -0.2) is 4.98 Å². The molecule has 5 rings (SSSR count). The average Bonchev–Trinajstić information content (AvgIpc) is 3.48. The van der Waals surface area contributed by atoms with Crippen molar-refractivity contribution in [2.45, 2.75) is 19.4 Å². The number of fused-ring (bicyclic) bond motifs is 1. The first-order valence-corrected chi connectivity index (χ1v) is 11.2. The third-order valence-corrected chi connectivity index (χ3v) is 7.19. The maximum absolute atomic E-state index is 12.8. The summed E-state index contributed by atoms with van der Waals surface area (Å²) >= 11 is 7.75. The fourth-order valence-corrected chi connectivity index (χ4v) is 5.65. The van der Waals surface area contributed by atoms with E-state index in [0.717, 1.165) is 56.2 Å². The highest BCUT2D eigenvalue weighted by Gasteiger charge is 2.44. The Hall–Kier alpha value is -2.15. The van der Waals surface area contributed by atoms with E-state index in [0.29, 0.717) is 5.15 Å². The standard InChI is InChI=1S/C22H23ClN4OS/c23-20-18(27-12-13-29-21(27)24-20)6-7-19(28)26-11-9-22(16-26)8-10-25(15-22)14-17-4-2-1-3-5-17/h1-7,12-13H,8-11,14-16H2/b7-6+. The number of hydrogen-bond acceptors (Lipinski definition) is 4. The normalized spacial score (nSPS) is 22.6. The Labute approximate surface area is 179 Å². The Kier molecular flexibility index (Phi) is 4.94. The van der Waals surface area contributed by atoms with E-state index >= 15 is 0 Å². The molecule has 2 aliphatic rings. The lowest BCUT2D eigenvalue weighted by Gasteiger charge is -2.24. The molecule has 7 heteroatoms. The summed E-state index contributed by atoms with van der Waals surface area (Å²) in [5.74, 6) is 0.0598. The molecule has 29 heavy (non-hydrogen) atoms. The topological polar surface area (TPSA) is 40.9 Å². The van der Waals surface area contributed by atoms with Crippen LogP contribution in [0, 0.1) is 5.41 Å². The minimum absolute atomic E-state index is 0.0598. The molecule has 0 bridgehead atoms. The van der Waals surface area contributed by atoms with Gasteiger partial charge in [-0.2, -0.15) is 0 Å². The van der Waals surface area contributed by atoms with E-state index < -0.39 is 0 Å². The van der Waals surface area contributed by atoms with Gasteiger partial charge in [-0.05, 0) is 31.0 Å². The molecule has 2 aliphatic heterocycles. The molecule has 0 N–H and O–H groups in total. The summed E-state index contributed by atoms with van der Waals surface area (Å²) in [5.41, 5.74) is 2.36. The minimum Gasteiger partial charge on any atom is -0.339 e. The van der Waals surface area contributed by atoms with Crippen LogP contribution in [0.1, 0.15) is 24.1 Å². The zero-order valence-electron chi connectivity index (χ0n) is 16.1. The van der Waals surface area contributed by atoms with Gasteiger partial charge in [0.25, 0.3) is 0 Å². The lowest BCUT2D eigenvalue weighted by molar-refractivity contribution is -0.125. The number of aromatic nitrogens is 2. The lowest BCUT2D eigenvalue weighted by Crippen LogP contribution is -2.33. The van der Waals surface area contributed by atoms with E-state index in [2.05, 4.69) is 40.2 Å². The molecule has 1 amide bonds. The summed E-state index contributed by atoms with van der Waals surface area (Å²) in [4.78, 5) is 22.5. The predicted octanol–water partition coefficient (Wildman–Crippen LogP) is 4.19. The number of benzene rings is 1. The van der Waals surface area contributed by atoms with E-state index in [1.165, 1.54) is 16.9 Å². The van der Waals surface area contributed by atoms with E-state index in [1.807, 2.05) is 20.9 Å². The molecule has 2 aromatic heterocycles. The van der Waals surface area contributed by atoms with Crippen molar-refractivity contribution >= 4 is 39.9 Å². The summed E-state index contributed by atoms with van der Waals surface area (Å²) in [7, 11) is 0. The monoisotopic (exact) mass is 426 g/mol. The van der Waals surface area contributed by atoms with Crippen LogP contribution in [0.15, 0.2) is 48.0 Å². The Balaban J connectivity index is 1.22. The average molecular weight is 427 g/mol. The molecule has 3 aromatic rings. The van der Waals surface area contributed by atoms with Crippen molar-refractivity contribution in [3.63, 3.8) is 0 Å². The number of halogens is 1. The van der Waals surface area contributed by atoms with Crippen molar-refractivity contribution in [3.05, 3.63) is 64.4 Å². The van der Waals surface area contributed by atoms with Crippen molar-refractivity contribution < 1.29 is 4.79 Å². The van der Waals surface area contributed by atoms with Gasteiger partial charge < -0.3 is 4.90 Å². The van der Waals surface area contributed by atoms with Gasteiger partial charge >= 0.3 is 0 Å². The summed E-state index contributed by atoms with van der Waals surface area (Å²) in [6, 6.07) is 10.6. The van der Waals surface area contributed by atoms with Crippen molar-refractivity contribution in [2.75, 3.05) is 26.2 Å². The minimum atomic E-state index is 0.0598. The second-order valence-corrected chi connectivity index (χ2v) is 9.36. The van der Waals surface area contributed by atoms with E-state index in [4.69, 9.17) is 11.6 Å². The molecule has 0 aliphatic carbocycles. The predicted molar refractivity (Wildman–Crippen MR) is 117 cm³/mol. The summed E-state index contributed by atoms with van der Waals surface area (Å²) in [6.07, 6.45) is 7.60. The van der Waals surface area contributed by atoms with Crippen LogP contribution in [-0.2, 0) is 11.3 Å². The Bertz CT molecular complexity index is 1060. The van der Waals surface area contributed by atoms with Crippen LogP contribution in [0.4, 0.5) is 0 Å². The molecule has 2 saturated heterocycles. The molecule has 4 heterocycles. The molecule has 0 saturated carbocycles. The third kappa shape index (κ3) is 3.72. The van der Waals surface area contributed by atoms with Crippen molar-refractivity contribution in [1.29, 1.82) is 0 Å². The van der Waals surface area contributed by atoms with Crippen LogP contribution >= 0.6 is 22.9 Å². The summed E-state index contributed by atoms with van der Waals surface area (Å²) in [6.45, 7) is 4.84. The highest BCUT2D eigenvalue weighted by atomic mass is 35.5. The first kappa shape index (κ1) is 18.9. The quantitative estimate of drug-likeness (QED) is 0.587. The number of imidazole rings is 1. The van der Waals surface area contributed by atoms with Crippen molar-refractivity contribution in [2.24, 2.45) is 5.41 Å². The zero-order valence-corrected chi connectivity index (χ0v) is 17.7. The Morgan fingerprint density at radius 3 is 2.90 bits per heavy atom. The zero-order chi connectivity index (χ0) is 19.8. The van der Waals surface area contributed by atoms with Crippen LogP contribution < -0.4 is 0 Å². The molecule has 1 spiro atoms. The van der Waals surface area contributed by atoms with Gasteiger partial charge in [0.2, 0.25) is 5.91 Å². The number of carbonyl (C=O) groups is 1. The smallest absolute Gasteiger partial charge is 0.246 e. The largest absolute Gasteiger partial charge is 0.339 e. The van der Waals surface area contributed by atoms with Crippen LogP contribution in [0.3, 0.4) is 0 Å². The number of nitrogens with zero attached hydrogens (tertiary/aromatic N) is 4. The number of hydrogen-bond donors (Lipinski definition) is 0. The third-order valence-electron chi connectivity index (χ3n) is 6.15. The van der Waals surface area contributed by atoms with Crippen molar-refractivity contribution in [3.8, 4) is 0 Å². The number of amides is 1. The maximum Gasteiger partial charge on any atom is 0.246 e. The fraction of sp³-hybridized carbons (Fsp3) is 0.364. The van der Waals surface area contributed by atoms with E-state index in [9.17, 15) is 4.79 Å². The van der Waals surface area contributed by atoms with Crippen LogP contribution in [0.2, 0.25) is 5.15 Å². The van der Waals surface area contributed by atoms with Gasteiger partial charge in [-0.1, -0.05) is 41.9 Å². The molecule has 1 atom stereocenters. The maximum atomic E-state index is 12.8. The first-order chi connectivity index (χ1) is 14.1. The molecular formula is C22H23ClN4OS. The fourth-order valence-electron chi connectivity index (χ4n) is 4.64. The van der Waals surface area contributed by atoms with Gasteiger partial charge in [0.1, 0.15) is 0 Å². The molecule has 1 aromatic carbocycles. The summed E-state index contributed by atoms with van der Waals surface area (Å²) < 4.78 is 1.92. The molecule has 0 radical (unpaired) electrons. The number of rotatable bonds is 4. The second-order valence-electron chi connectivity index (χ2n) is 8.13. The summed E-state index contributed by atoms with van der Waals surface area (Å²) in [5, 5.41) is 2.40. The second kappa shape index (κ2) is 7.59. The molecule has 5 nitrogen and oxygen atoms in total. The van der Waals surface area contributed by atoms with Gasteiger partial charge in [-0.3, -0.25) is 14.1 Å². The van der Waals surface area contributed by atoms with E-state index in [1.54, 1.807) is 12.2 Å². The Morgan fingerprint density at radius 1 is 1.21 bits per heavy atom. The molecular weight excluding hydrogens is 404 g/mol. The number of likely N-dealkylation sites (tertiary alicyclic amines) is 2. The van der Waals surface area contributed by atoms with Crippen LogP contribution in [0.5, 0.6) is 0 Å². The first-order valence-electron chi connectivity index (χ1n) is 9.96. The highest BCUT2D eigenvalue weighted by Crippen LogP contribution is 2.40. The molecule has 2 fully saturated rings. The number of carbonyl (C=O) groups excluding carboxylic acids is 1. The molecule has 150 valence electrons. The van der Waals surface area contributed by atoms with Gasteiger partial charge in [0.05, 0.1) is 5.69 Å². The number of thiazole rings is 1. The molecule has 1 unspecified atom stereocenters. The van der Waals surface area contributed by atoms with Crippen molar-refractivity contribution in [1.82, 2.24) is 19.2 Å². The van der Waals surface area contributed by atoms with E-state index in [-0.39, 0.29) is 11.3 Å². The van der Waals surface area contributed by atoms with Gasteiger partial charge in [0, 0.05) is 49.2 Å². The highest BCUT2D eigenvalue weighted by molar-refractivity contribution is 7.15. The van der Waals surface area contributed by atoms with Gasteiger partial charge in [-0.15, -0.1) is 11.3 Å². The van der Waals surface area contributed by atoms with Gasteiger partial charge in [0.15, 0.2) is 10.1 Å². The lowest BCUT2D eigenvalue weighted by atomic mass is 9.86. The van der Waals surface area contributed by atoms with Crippen LogP contribution in [-0.4, -0.2) is 51.3 Å².